The van der Waals surface area contributed by atoms with Crippen LogP contribution in [0.25, 0.3) is 0 Å². The minimum atomic E-state index is -0.623. The topological polar surface area (TPSA) is 112 Å². The Balaban J connectivity index is 1.17. The van der Waals surface area contributed by atoms with E-state index in [1.807, 2.05) is 36.4 Å². The van der Waals surface area contributed by atoms with E-state index < -0.39 is 35.5 Å². The lowest BCUT2D eigenvalue weighted by Gasteiger charge is -2.44. The van der Waals surface area contributed by atoms with Crippen molar-refractivity contribution in [3.8, 4) is 23.0 Å². The van der Waals surface area contributed by atoms with E-state index in [2.05, 4.69) is 0 Å². The van der Waals surface area contributed by atoms with Crippen LogP contribution in [0.5, 0.6) is 23.0 Å². The molecular weight excluding hydrogens is 540 g/mol. The van der Waals surface area contributed by atoms with Crippen LogP contribution < -0.4 is 18.9 Å². The van der Waals surface area contributed by atoms with Crippen LogP contribution in [0.2, 0.25) is 0 Å². The third-order valence-corrected chi connectivity index (χ3v) is 9.34. The fourth-order valence-corrected chi connectivity index (χ4v) is 7.34. The molecule has 42 heavy (non-hydrogen) atoms. The van der Waals surface area contributed by atoms with Gasteiger partial charge in [0.2, 0.25) is 23.6 Å². The number of hydrogen-bond acceptors (Lipinski definition) is 8. The molecule has 0 spiro atoms. The molecule has 0 aromatic heterocycles. The van der Waals surface area contributed by atoms with Gasteiger partial charge in [-0.25, -0.2) is 0 Å². The highest BCUT2D eigenvalue weighted by Crippen LogP contribution is 2.57. The number of carbonyl (C=O) groups excluding carboxylic acids is 4. The number of amides is 4. The Morgan fingerprint density at radius 3 is 1.17 bits per heavy atom. The predicted octanol–water partition coefficient (Wildman–Crippen LogP) is 2.52. The van der Waals surface area contributed by atoms with E-state index in [0.29, 0.717) is 35.8 Å². The summed E-state index contributed by atoms with van der Waals surface area (Å²) < 4.78 is 21.3. The van der Waals surface area contributed by atoms with Crippen LogP contribution in [-0.2, 0) is 32.0 Å². The Labute approximate surface area is 244 Å². The highest BCUT2D eigenvalue weighted by Gasteiger charge is 2.68. The highest BCUT2D eigenvalue weighted by atomic mass is 16.5. The van der Waals surface area contributed by atoms with Gasteiger partial charge < -0.3 is 18.9 Å². The Kier molecular flexibility index (Phi) is 7.16. The summed E-state index contributed by atoms with van der Waals surface area (Å²) in [6.45, 7) is 0.433. The number of carbonyl (C=O) groups is 4. The van der Waals surface area contributed by atoms with Gasteiger partial charge in [0.15, 0.2) is 23.0 Å². The molecule has 10 nitrogen and oxygen atoms in total. The molecule has 5 aliphatic rings. The van der Waals surface area contributed by atoms with Gasteiger partial charge in [-0.2, -0.15) is 0 Å². The lowest BCUT2D eigenvalue weighted by molar-refractivity contribution is -0.140. The van der Waals surface area contributed by atoms with Gasteiger partial charge in [0.05, 0.1) is 52.1 Å². The summed E-state index contributed by atoms with van der Waals surface area (Å²) in [5.41, 5.74) is 1.80. The van der Waals surface area contributed by atoms with Crippen molar-refractivity contribution in [2.45, 2.75) is 12.8 Å². The van der Waals surface area contributed by atoms with Gasteiger partial charge in [-0.15, -0.1) is 0 Å². The Morgan fingerprint density at radius 1 is 0.524 bits per heavy atom. The molecule has 2 heterocycles. The fraction of sp³-hybridized carbons (Fsp3) is 0.438. The molecule has 4 amide bonds. The average Bonchev–Trinajstić information content (AvgIpc) is 3.44. The summed E-state index contributed by atoms with van der Waals surface area (Å²) in [6.07, 6.45) is 4.68. The number of methoxy groups -OCH3 is 4. The van der Waals surface area contributed by atoms with Crippen LogP contribution in [0.1, 0.15) is 11.1 Å². The molecule has 2 unspecified atom stereocenters. The summed E-state index contributed by atoms with van der Waals surface area (Å²) in [7, 11) is 6.23. The van der Waals surface area contributed by atoms with Crippen molar-refractivity contribution in [2.24, 2.45) is 35.5 Å². The van der Waals surface area contributed by atoms with Crippen molar-refractivity contribution < 1.29 is 38.1 Å². The quantitative estimate of drug-likeness (QED) is 0.315. The van der Waals surface area contributed by atoms with Crippen molar-refractivity contribution >= 4 is 23.6 Å². The van der Waals surface area contributed by atoms with Crippen LogP contribution in [0.3, 0.4) is 0 Å². The molecule has 0 N–H and O–H groups in total. The van der Waals surface area contributed by atoms with Gasteiger partial charge >= 0.3 is 0 Å². The molecule has 7 rings (SSSR count). The summed E-state index contributed by atoms with van der Waals surface area (Å²) in [5.74, 6) is -2.13. The zero-order valence-electron chi connectivity index (χ0n) is 24.1. The third kappa shape index (κ3) is 4.23. The summed E-state index contributed by atoms with van der Waals surface area (Å²) in [6, 6.07) is 11.0. The Bertz CT molecular complexity index is 1330. The molecule has 2 aromatic carbocycles. The van der Waals surface area contributed by atoms with E-state index in [1.165, 1.54) is 9.80 Å². The van der Waals surface area contributed by atoms with Gasteiger partial charge in [0.1, 0.15) is 0 Å². The lowest BCUT2D eigenvalue weighted by atomic mass is 9.54. The molecule has 3 aliphatic carbocycles. The van der Waals surface area contributed by atoms with E-state index in [9.17, 15) is 19.2 Å². The monoisotopic (exact) mass is 574 g/mol. The molecular formula is C32H34N2O8. The number of rotatable bonds is 10. The maximum absolute atomic E-state index is 13.7. The first-order valence-corrected chi connectivity index (χ1v) is 14.1. The third-order valence-electron chi connectivity index (χ3n) is 9.34. The summed E-state index contributed by atoms with van der Waals surface area (Å²) in [4.78, 5) is 57.3. The van der Waals surface area contributed by atoms with Crippen LogP contribution in [0, 0.1) is 35.5 Å². The van der Waals surface area contributed by atoms with E-state index in [-0.39, 0.29) is 36.7 Å². The zero-order valence-corrected chi connectivity index (χ0v) is 24.1. The largest absolute Gasteiger partial charge is 0.493 e. The number of hydrogen-bond donors (Lipinski definition) is 0. The van der Waals surface area contributed by atoms with E-state index in [4.69, 9.17) is 18.9 Å². The minimum absolute atomic E-state index is 0.217. The smallest absolute Gasteiger partial charge is 0.233 e. The second-order valence-corrected chi connectivity index (χ2v) is 11.2. The van der Waals surface area contributed by atoms with Crippen LogP contribution in [0.4, 0.5) is 0 Å². The number of imide groups is 2. The number of likely N-dealkylation sites (tertiary alicyclic amines) is 2. The van der Waals surface area contributed by atoms with Crippen LogP contribution in [-0.4, -0.2) is 75.0 Å². The highest BCUT2D eigenvalue weighted by molar-refractivity contribution is 6.10. The predicted molar refractivity (Wildman–Crippen MR) is 150 cm³/mol. The van der Waals surface area contributed by atoms with Crippen molar-refractivity contribution in [2.75, 3.05) is 41.5 Å². The first-order valence-electron chi connectivity index (χ1n) is 14.1. The van der Waals surface area contributed by atoms with Crippen molar-refractivity contribution in [1.29, 1.82) is 0 Å². The van der Waals surface area contributed by atoms with Crippen molar-refractivity contribution in [3.05, 3.63) is 59.7 Å². The molecule has 1 saturated carbocycles. The summed E-state index contributed by atoms with van der Waals surface area (Å²) >= 11 is 0. The van der Waals surface area contributed by atoms with Gasteiger partial charge in [-0.3, -0.25) is 29.0 Å². The second-order valence-electron chi connectivity index (χ2n) is 11.2. The number of benzene rings is 2. The van der Waals surface area contributed by atoms with Crippen molar-refractivity contribution in [3.63, 3.8) is 0 Å². The van der Waals surface area contributed by atoms with E-state index in [0.717, 1.165) is 11.1 Å². The first kappa shape index (κ1) is 27.8. The van der Waals surface area contributed by atoms with Crippen LogP contribution in [0.15, 0.2) is 48.6 Å². The van der Waals surface area contributed by atoms with Gasteiger partial charge in [0.25, 0.3) is 0 Å². The second kappa shape index (κ2) is 10.8. The van der Waals surface area contributed by atoms with E-state index >= 15 is 0 Å². The number of nitrogens with zero attached hydrogens (tertiary/aromatic N) is 2. The molecule has 3 fully saturated rings. The molecule has 2 bridgehead atoms. The normalized spacial score (nSPS) is 27.4. The zero-order chi connectivity index (χ0) is 29.7. The Hall–Kier alpha value is -4.34. The van der Waals surface area contributed by atoms with Crippen molar-refractivity contribution in [1.82, 2.24) is 9.80 Å². The van der Waals surface area contributed by atoms with Gasteiger partial charge in [-0.1, -0.05) is 24.3 Å². The standard InChI is InChI=1S/C32H34N2O8/c1-39-21-9-5-17(15-23(21)41-3)11-13-33-29(35)25-19-7-8-20(26(25)30(33)36)28-27(19)31(37)34(32(28)38)14-12-18-6-10-22(40-2)24(16-18)42-4/h5-10,15-16,19-20,25-28H,11-14H2,1-4H3/t19?,20?,25-,26-,27-,28+/m1/s1. The SMILES string of the molecule is COc1ccc(CCN2C(=O)[C@@H]3C4C=CC([C@H]3C2=O)[C@@H]2C(=O)N(CCc3ccc(OC)c(OC)c3)C(=O)[C@H]42)cc1OC. The molecule has 2 aliphatic heterocycles. The molecule has 10 heteroatoms. The Morgan fingerprint density at radius 2 is 0.857 bits per heavy atom. The molecule has 2 saturated heterocycles. The molecule has 0 radical (unpaired) electrons. The molecule has 2 aromatic rings. The average molecular weight is 575 g/mol. The number of ether oxygens (including phenoxy) is 4. The maximum Gasteiger partial charge on any atom is 0.233 e. The van der Waals surface area contributed by atoms with E-state index in [1.54, 1.807) is 40.6 Å². The summed E-state index contributed by atoms with van der Waals surface area (Å²) in [5, 5.41) is 0. The first-order chi connectivity index (χ1) is 20.3. The maximum atomic E-state index is 13.7. The van der Waals surface area contributed by atoms with Gasteiger partial charge in [0, 0.05) is 24.9 Å². The van der Waals surface area contributed by atoms with Crippen LogP contribution >= 0.6 is 0 Å². The molecule has 220 valence electrons. The fourth-order valence-electron chi connectivity index (χ4n) is 7.34. The minimum Gasteiger partial charge on any atom is -0.493 e. The number of allylic oxidation sites excluding steroid dienone is 2. The van der Waals surface area contributed by atoms with Gasteiger partial charge in [-0.05, 0) is 48.2 Å². The lowest BCUT2D eigenvalue weighted by Crippen LogP contribution is -2.50. The molecule has 6 atom stereocenters.